The second-order valence-corrected chi connectivity index (χ2v) is 9.01. The summed E-state index contributed by atoms with van der Waals surface area (Å²) in [5.41, 5.74) is 1.58. The van der Waals surface area contributed by atoms with E-state index in [1.807, 2.05) is 0 Å². The molecule has 1 aliphatic heterocycles. The first-order valence-corrected chi connectivity index (χ1v) is 9.86. The van der Waals surface area contributed by atoms with Crippen LogP contribution in [0.1, 0.15) is 48.7 Å². The Morgan fingerprint density at radius 1 is 1.40 bits per heavy atom. The van der Waals surface area contributed by atoms with Crippen molar-refractivity contribution in [1.29, 1.82) is 0 Å². The van der Waals surface area contributed by atoms with Crippen LogP contribution in [0.2, 0.25) is 0 Å². The number of rotatable bonds is 4. The molecular formula is C19H27N3O2S. The van der Waals surface area contributed by atoms with Crippen molar-refractivity contribution in [1.82, 2.24) is 15.2 Å². The molecule has 0 aromatic carbocycles. The van der Waals surface area contributed by atoms with E-state index in [1.165, 1.54) is 23.1 Å². The molecule has 0 radical (unpaired) electrons. The van der Waals surface area contributed by atoms with Crippen LogP contribution in [0.15, 0.2) is 12.7 Å². The lowest BCUT2D eigenvalue weighted by atomic mass is 9.79. The van der Waals surface area contributed by atoms with Crippen LogP contribution in [-0.2, 0) is 29.0 Å². The molecule has 0 saturated carbocycles. The first-order valence-electron chi connectivity index (χ1n) is 9.04. The van der Waals surface area contributed by atoms with Gasteiger partial charge in [-0.1, -0.05) is 20.4 Å². The number of nitrogens with one attached hydrogen (secondary N) is 1. The molecule has 1 saturated heterocycles. The number of likely N-dealkylation sites (tertiary alicyclic amines) is 1. The Morgan fingerprint density at radius 3 is 2.80 bits per heavy atom. The molecule has 1 aliphatic carbocycles. The van der Waals surface area contributed by atoms with Gasteiger partial charge in [0.05, 0.1) is 12.2 Å². The minimum absolute atomic E-state index is 0.0117. The molecule has 6 heteroatoms. The molecular weight excluding hydrogens is 334 g/mol. The summed E-state index contributed by atoms with van der Waals surface area (Å²) in [6.07, 6.45) is 6.08. The number of aromatic nitrogens is 1. The maximum Gasteiger partial charge on any atom is 0.245 e. The number of carbonyl (C=O) groups is 2. The lowest BCUT2D eigenvalue weighted by molar-refractivity contribution is -0.132. The summed E-state index contributed by atoms with van der Waals surface area (Å²) in [6, 6.07) is 0. The van der Waals surface area contributed by atoms with Gasteiger partial charge in [-0.05, 0) is 43.6 Å². The molecule has 25 heavy (non-hydrogen) atoms. The van der Waals surface area contributed by atoms with Crippen molar-refractivity contribution in [2.24, 2.45) is 11.3 Å². The van der Waals surface area contributed by atoms with Crippen LogP contribution in [0.5, 0.6) is 0 Å². The largest absolute Gasteiger partial charge is 0.349 e. The number of aryl methyl sites for hydroxylation is 1. The summed E-state index contributed by atoms with van der Waals surface area (Å²) in [5, 5.41) is 4.05. The van der Waals surface area contributed by atoms with Crippen molar-refractivity contribution < 1.29 is 9.59 Å². The number of piperidine rings is 1. The molecule has 1 N–H and O–H groups in total. The van der Waals surface area contributed by atoms with Gasteiger partial charge in [0.25, 0.3) is 0 Å². The van der Waals surface area contributed by atoms with Crippen LogP contribution in [0, 0.1) is 11.3 Å². The van der Waals surface area contributed by atoms with Gasteiger partial charge in [0.15, 0.2) is 0 Å². The number of amides is 2. The monoisotopic (exact) mass is 361 g/mol. The molecule has 0 atom stereocenters. The summed E-state index contributed by atoms with van der Waals surface area (Å²) >= 11 is 1.74. The van der Waals surface area contributed by atoms with E-state index in [1.54, 1.807) is 16.2 Å². The summed E-state index contributed by atoms with van der Waals surface area (Å²) < 4.78 is 0. The highest BCUT2D eigenvalue weighted by Gasteiger charge is 2.29. The predicted molar refractivity (Wildman–Crippen MR) is 99.3 cm³/mol. The smallest absolute Gasteiger partial charge is 0.245 e. The first-order chi connectivity index (χ1) is 11.9. The minimum atomic E-state index is -0.0462. The Balaban J connectivity index is 1.50. The molecule has 1 fully saturated rings. The third kappa shape index (κ3) is 4.29. The Bertz CT molecular complexity index is 672. The van der Waals surface area contributed by atoms with Crippen molar-refractivity contribution in [2.45, 2.75) is 52.5 Å². The quantitative estimate of drug-likeness (QED) is 0.839. The van der Waals surface area contributed by atoms with E-state index in [0.717, 1.165) is 17.8 Å². The SMILES string of the molecule is C=CC(=O)N1CCC(C(=O)NCc2nc3c(s2)CC(C)(C)CC3)CC1. The van der Waals surface area contributed by atoms with Crippen molar-refractivity contribution in [3.63, 3.8) is 0 Å². The van der Waals surface area contributed by atoms with Gasteiger partial charge in [-0.2, -0.15) is 0 Å². The highest BCUT2D eigenvalue weighted by Crippen LogP contribution is 2.37. The average molecular weight is 362 g/mol. The van der Waals surface area contributed by atoms with Crippen LogP contribution in [0.3, 0.4) is 0 Å². The first kappa shape index (κ1) is 18.1. The average Bonchev–Trinajstić information content (AvgIpc) is 2.99. The molecule has 1 aromatic heterocycles. The van der Waals surface area contributed by atoms with Gasteiger partial charge < -0.3 is 10.2 Å². The Kier molecular flexibility index (Phi) is 5.27. The van der Waals surface area contributed by atoms with Crippen LogP contribution in [0.4, 0.5) is 0 Å². The fourth-order valence-electron chi connectivity index (χ4n) is 3.62. The Labute approximate surface area is 153 Å². The van der Waals surface area contributed by atoms with Gasteiger partial charge in [-0.25, -0.2) is 4.98 Å². The highest BCUT2D eigenvalue weighted by atomic mass is 32.1. The molecule has 0 spiro atoms. The lowest BCUT2D eigenvalue weighted by Gasteiger charge is -2.30. The third-order valence-corrected chi connectivity index (χ3v) is 6.36. The number of hydrogen-bond acceptors (Lipinski definition) is 4. The summed E-state index contributed by atoms with van der Waals surface area (Å²) in [6.45, 7) is 9.90. The number of hydrogen-bond donors (Lipinski definition) is 1. The van der Waals surface area contributed by atoms with E-state index < -0.39 is 0 Å². The molecule has 0 unspecified atom stereocenters. The van der Waals surface area contributed by atoms with Crippen molar-refractivity contribution in [3.8, 4) is 0 Å². The third-order valence-electron chi connectivity index (χ3n) is 5.27. The van der Waals surface area contributed by atoms with Crippen LogP contribution in [0.25, 0.3) is 0 Å². The number of fused-ring (bicyclic) bond motifs is 1. The Morgan fingerprint density at radius 2 is 2.12 bits per heavy atom. The summed E-state index contributed by atoms with van der Waals surface area (Å²) in [5.74, 6) is 0.0248. The molecule has 5 nitrogen and oxygen atoms in total. The molecule has 2 heterocycles. The van der Waals surface area contributed by atoms with E-state index in [9.17, 15) is 9.59 Å². The predicted octanol–water partition coefficient (Wildman–Crippen LogP) is 2.70. The fraction of sp³-hybridized carbons (Fsp3) is 0.632. The molecule has 1 aromatic rings. The van der Waals surface area contributed by atoms with Gasteiger partial charge in [-0.3, -0.25) is 9.59 Å². The zero-order valence-corrected chi connectivity index (χ0v) is 16.0. The highest BCUT2D eigenvalue weighted by molar-refractivity contribution is 7.11. The normalized spacial score (nSPS) is 20.0. The number of carbonyl (C=O) groups excluding carboxylic acids is 2. The molecule has 2 aliphatic rings. The van der Waals surface area contributed by atoms with E-state index >= 15 is 0 Å². The van der Waals surface area contributed by atoms with Crippen molar-refractivity contribution >= 4 is 23.2 Å². The second-order valence-electron chi connectivity index (χ2n) is 7.84. The minimum Gasteiger partial charge on any atom is -0.349 e. The van der Waals surface area contributed by atoms with E-state index in [2.05, 4.69) is 25.7 Å². The van der Waals surface area contributed by atoms with Gasteiger partial charge in [0, 0.05) is 23.9 Å². The van der Waals surface area contributed by atoms with Crippen LogP contribution in [-0.4, -0.2) is 34.8 Å². The molecule has 0 bridgehead atoms. The molecule has 2 amide bonds. The summed E-state index contributed by atoms with van der Waals surface area (Å²) in [4.78, 5) is 31.9. The van der Waals surface area contributed by atoms with Gasteiger partial charge in [-0.15, -0.1) is 11.3 Å². The van der Waals surface area contributed by atoms with Crippen LogP contribution >= 0.6 is 11.3 Å². The Hall–Kier alpha value is -1.69. The number of nitrogens with zero attached hydrogens (tertiary/aromatic N) is 2. The fourth-order valence-corrected chi connectivity index (χ4v) is 4.94. The van der Waals surface area contributed by atoms with E-state index in [0.29, 0.717) is 37.9 Å². The molecule has 3 rings (SSSR count). The molecule has 136 valence electrons. The zero-order chi connectivity index (χ0) is 18.0. The van der Waals surface area contributed by atoms with Crippen molar-refractivity contribution in [3.05, 3.63) is 28.2 Å². The standard InChI is InChI=1S/C19H27N3O2S/c1-4-17(23)22-9-6-13(7-10-22)18(24)20-12-16-21-14-5-8-19(2,3)11-15(14)25-16/h4,13H,1,5-12H2,2-3H3,(H,20,24). The van der Waals surface area contributed by atoms with Crippen molar-refractivity contribution in [2.75, 3.05) is 13.1 Å². The van der Waals surface area contributed by atoms with Gasteiger partial charge >= 0.3 is 0 Å². The lowest BCUT2D eigenvalue weighted by Crippen LogP contribution is -2.42. The van der Waals surface area contributed by atoms with E-state index in [-0.39, 0.29) is 17.7 Å². The zero-order valence-electron chi connectivity index (χ0n) is 15.1. The van der Waals surface area contributed by atoms with Gasteiger partial charge in [0.2, 0.25) is 11.8 Å². The van der Waals surface area contributed by atoms with E-state index in [4.69, 9.17) is 4.98 Å². The maximum absolute atomic E-state index is 12.4. The number of thiazole rings is 1. The topological polar surface area (TPSA) is 62.3 Å². The maximum atomic E-state index is 12.4. The summed E-state index contributed by atoms with van der Waals surface area (Å²) in [7, 11) is 0. The second kappa shape index (κ2) is 7.28. The van der Waals surface area contributed by atoms with Gasteiger partial charge in [0.1, 0.15) is 5.01 Å². The van der Waals surface area contributed by atoms with Crippen LogP contribution < -0.4 is 5.32 Å².